The van der Waals surface area contributed by atoms with E-state index in [1.54, 1.807) is 0 Å². The molecule has 0 spiro atoms. The molecular formula is C13H20N2O. The lowest BCUT2D eigenvalue weighted by atomic mass is 10.1. The van der Waals surface area contributed by atoms with Gasteiger partial charge in [-0.2, -0.15) is 0 Å². The van der Waals surface area contributed by atoms with Crippen LogP contribution in [0.15, 0.2) is 24.3 Å². The first-order valence-corrected chi connectivity index (χ1v) is 5.91. The molecule has 1 aromatic rings. The Hall–Kier alpha value is -1.06. The minimum absolute atomic E-state index is 0.191. The van der Waals surface area contributed by atoms with Crippen molar-refractivity contribution in [1.82, 2.24) is 4.90 Å². The van der Waals surface area contributed by atoms with E-state index in [4.69, 9.17) is 10.5 Å². The number of ether oxygens (including phenoxy) is 1. The van der Waals surface area contributed by atoms with Gasteiger partial charge in [0, 0.05) is 18.3 Å². The topological polar surface area (TPSA) is 38.5 Å². The summed E-state index contributed by atoms with van der Waals surface area (Å²) in [6.07, 6.45) is 0.191. The van der Waals surface area contributed by atoms with Gasteiger partial charge in [-0.1, -0.05) is 19.1 Å². The smallest absolute Gasteiger partial charge is 0.0952 e. The van der Waals surface area contributed by atoms with E-state index in [1.165, 1.54) is 5.56 Å². The Balaban J connectivity index is 2.08. The standard InChI is InChI=1S/C13H20N2O/c1-3-15-8-13(16-9-10(15)2)11-4-6-12(14)7-5-11/h4-7,10,13H,3,8-9,14H2,1-2H3. The summed E-state index contributed by atoms with van der Waals surface area (Å²) in [5.74, 6) is 0. The van der Waals surface area contributed by atoms with Crippen LogP contribution >= 0.6 is 0 Å². The lowest BCUT2D eigenvalue weighted by molar-refractivity contribution is -0.0580. The Bertz CT molecular complexity index is 336. The van der Waals surface area contributed by atoms with Crippen LogP contribution in [0.3, 0.4) is 0 Å². The zero-order valence-corrected chi connectivity index (χ0v) is 10.0. The van der Waals surface area contributed by atoms with Crippen molar-refractivity contribution in [2.45, 2.75) is 26.0 Å². The van der Waals surface area contributed by atoms with Crippen molar-refractivity contribution in [3.05, 3.63) is 29.8 Å². The number of nitrogen functional groups attached to an aromatic ring is 1. The molecule has 0 bridgehead atoms. The van der Waals surface area contributed by atoms with Gasteiger partial charge in [0.2, 0.25) is 0 Å². The molecule has 2 rings (SSSR count). The number of nitrogens with zero attached hydrogens (tertiary/aromatic N) is 1. The van der Waals surface area contributed by atoms with Gasteiger partial charge in [-0.25, -0.2) is 0 Å². The molecule has 2 unspecified atom stereocenters. The summed E-state index contributed by atoms with van der Waals surface area (Å²) in [7, 11) is 0. The molecular weight excluding hydrogens is 200 g/mol. The predicted molar refractivity (Wildman–Crippen MR) is 66.3 cm³/mol. The first-order chi connectivity index (χ1) is 7.70. The van der Waals surface area contributed by atoms with Crippen molar-refractivity contribution in [1.29, 1.82) is 0 Å². The number of morpholine rings is 1. The van der Waals surface area contributed by atoms with Crippen LogP contribution in [-0.4, -0.2) is 30.6 Å². The van der Waals surface area contributed by atoms with Crippen molar-refractivity contribution >= 4 is 5.69 Å². The quantitative estimate of drug-likeness (QED) is 0.775. The molecule has 1 heterocycles. The second-order valence-corrected chi connectivity index (χ2v) is 4.43. The van der Waals surface area contributed by atoms with E-state index < -0.39 is 0 Å². The molecule has 1 aliphatic heterocycles. The largest absolute Gasteiger partial charge is 0.399 e. The van der Waals surface area contributed by atoms with Crippen LogP contribution in [-0.2, 0) is 4.74 Å². The normalized spacial score (nSPS) is 26.9. The summed E-state index contributed by atoms with van der Waals surface area (Å²) in [6, 6.07) is 8.52. The maximum atomic E-state index is 5.87. The number of hydrogen-bond acceptors (Lipinski definition) is 3. The third-order valence-electron chi connectivity index (χ3n) is 3.28. The molecule has 2 N–H and O–H groups in total. The van der Waals surface area contributed by atoms with Gasteiger partial charge >= 0.3 is 0 Å². The molecule has 0 saturated carbocycles. The molecule has 1 aromatic carbocycles. The first kappa shape index (κ1) is 11.4. The third-order valence-corrected chi connectivity index (χ3v) is 3.28. The van der Waals surface area contributed by atoms with Crippen molar-refractivity contribution < 1.29 is 4.74 Å². The summed E-state index contributed by atoms with van der Waals surface area (Å²) in [4.78, 5) is 2.45. The Morgan fingerprint density at radius 1 is 1.38 bits per heavy atom. The van der Waals surface area contributed by atoms with Crippen LogP contribution in [0.5, 0.6) is 0 Å². The van der Waals surface area contributed by atoms with Crippen LogP contribution in [0.4, 0.5) is 5.69 Å². The van der Waals surface area contributed by atoms with Crippen LogP contribution in [0.1, 0.15) is 25.5 Å². The van der Waals surface area contributed by atoms with Gasteiger partial charge in [-0.3, -0.25) is 4.90 Å². The van der Waals surface area contributed by atoms with Crippen LogP contribution in [0.25, 0.3) is 0 Å². The van der Waals surface area contributed by atoms with Gasteiger partial charge in [0.25, 0.3) is 0 Å². The van der Waals surface area contributed by atoms with Crippen molar-refractivity contribution in [2.75, 3.05) is 25.4 Å². The SMILES string of the molecule is CCN1CC(c2ccc(N)cc2)OCC1C. The molecule has 3 nitrogen and oxygen atoms in total. The predicted octanol–water partition coefficient (Wildman–Crippen LogP) is 2.05. The average Bonchev–Trinajstić information content (AvgIpc) is 2.31. The van der Waals surface area contributed by atoms with Gasteiger partial charge in [0.05, 0.1) is 12.7 Å². The number of likely N-dealkylation sites (N-methyl/N-ethyl adjacent to an activating group) is 1. The van der Waals surface area contributed by atoms with Gasteiger partial charge in [0.1, 0.15) is 0 Å². The monoisotopic (exact) mass is 220 g/mol. The molecule has 1 fully saturated rings. The molecule has 0 aromatic heterocycles. The molecule has 0 aliphatic carbocycles. The maximum Gasteiger partial charge on any atom is 0.0952 e. The van der Waals surface area contributed by atoms with E-state index in [0.717, 1.165) is 25.4 Å². The molecule has 2 atom stereocenters. The first-order valence-electron chi connectivity index (χ1n) is 5.91. The van der Waals surface area contributed by atoms with E-state index >= 15 is 0 Å². The highest BCUT2D eigenvalue weighted by Crippen LogP contribution is 2.25. The zero-order valence-electron chi connectivity index (χ0n) is 10.0. The van der Waals surface area contributed by atoms with Crippen LogP contribution < -0.4 is 5.73 Å². The Morgan fingerprint density at radius 2 is 2.06 bits per heavy atom. The molecule has 1 saturated heterocycles. The summed E-state index contributed by atoms with van der Waals surface area (Å²) in [5, 5.41) is 0. The van der Waals surface area contributed by atoms with Crippen molar-refractivity contribution in [3.63, 3.8) is 0 Å². The molecule has 16 heavy (non-hydrogen) atoms. The van der Waals surface area contributed by atoms with Gasteiger partial charge < -0.3 is 10.5 Å². The van der Waals surface area contributed by atoms with Crippen LogP contribution in [0, 0.1) is 0 Å². The Kier molecular flexibility index (Phi) is 3.46. The van der Waals surface area contributed by atoms with Crippen LogP contribution in [0.2, 0.25) is 0 Å². The van der Waals surface area contributed by atoms with Crippen molar-refractivity contribution in [3.8, 4) is 0 Å². The maximum absolute atomic E-state index is 5.87. The third kappa shape index (κ3) is 2.36. The molecule has 3 heteroatoms. The molecule has 88 valence electrons. The van der Waals surface area contributed by atoms with E-state index in [1.807, 2.05) is 12.1 Å². The molecule has 1 aliphatic rings. The molecule has 0 amide bonds. The van der Waals surface area contributed by atoms with E-state index in [2.05, 4.69) is 30.9 Å². The summed E-state index contributed by atoms with van der Waals surface area (Å²) in [5.41, 5.74) is 7.71. The van der Waals surface area contributed by atoms with E-state index in [-0.39, 0.29) is 6.10 Å². The van der Waals surface area contributed by atoms with Gasteiger partial charge in [0.15, 0.2) is 0 Å². The highest BCUT2D eigenvalue weighted by molar-refractivity contribution is 5.40. The lowest BCUT2D eigenvalue weighted by Gasteiger charge is -2.37. The van der Waals surface area contributed by atoms with E-state index in [0.29, 0.717) is 6.04 Å². The minimum Gasteiger partial charge on any atom is -0.399 e. The number of nitrogens with two attached hydrogens (primary N) is 1. The Labute approximate surface area is 97.2 Å². The second-order valence-electron chi connectivity index (χ2n) is 4.43. The second kappa shape index (κ2) is 4.85. The van der Waals surface area contributed by atoms with Gasteiger partial charge in [-0.05, 0) is 31.2 Å². The number of hydrogen-bond donors (Lipinski definition) is 1. The summed E-state index contributed by atoms with van der Waals surface area (Å²) < 4.78 is 5.87. The fraction of sp³-hybridized carbons (Fsp3) is 0.538. The fourth-order valence-corrected chi connectivity index (χ4v) is 2.16. The number of benzene rings is 1. The molecule has 0 radical (unpaired) electrons. The lowest BCUT2D eigenvalue weighted by Crippen LogP contribution is -2.44. The number of anilines is 1. The fourth-order valence-electron chi connectivity index (χ4n) is 2.16. The van der Waals surface area contributed by atoms with Crippen molar-refractivity contribution in [2.24, 2.45) is 0 Å². The zero-order chi connectivity index (χ0) is 11.5. The average molecular weight is 220 g/mol. The minimum atomic E-state index is 0.191. The summed E-state index contributed by atoms with van der Waals surface area (Å²) >= 11 is 0. The Morgan fingerprint density at radius 3 is 2.69 bits per heavy atom. The van der Waals surface area contributed by atoms with E-state index in [9.17, 15) is 0 Å². The highest BCUT2D eigenvalue weighted by Gasteiger charge is 2.25. The van der Waals surface area contributed by atoms with Gasteiger partial charge in [-0.15, -0.1) is 0 Å². The number of rotatable bonds is 2. The summed E-state index contributed by atoms with van der Waals surface area (Å²) in [6.45, 7) is 7.27. The highest BCUT2D eigenvalue weighted by atomic mass is 16.5.